The largest absolute Gasteiger partial charge is 0.494 e. The number of carbonyl (C=O) groups is 1. The molecule has 0 spiro atoms. The van der Waals surface area contributed by atoms with Gasteiger partial charge in [-0.25, -0.2) is 13.8 Å². The van der Waals surface area contributed by atoms with Crippen LogP contribution in [0.2, 0.25) is 0 Å². The molecular weight excluding hydrogens is 386 g/mol. The van der Waals surface area contributed by atoms with Crippen molar-refractivity contribution in [1.29, 1.82) is 0 Å². The summed E-state index contributed by atoms with van der Waals surface area (Å²) in [5, 5.41) is 10.6. The zero-order valence-corrected chi connectivity index (χ0v) is 17.3. The fourth-order valence-electron chi connectivity index (χ4n) is 4.12. The van der Waals surface area contributed by atoms with Gasteiger partial charge in [-0.2, -0.15) is 0 Å². The van der Waals surface area contributed by atoms with Crippen molar-refractivity contribution in [3.63, 3.8) is 0 Å². The Bertz CT molecular complexity index is 1240. The lowest BCUT2D eigenvalue weighted by Crippen LogP contribution is -2.05. The second kappa shape index (κ2) is 7.20. The van der Waals surface area contributed by atoms with Crippen LogP contribution in [0.5, 0.6) is 5.88 Å². The van der Waals surface area contributed by atoms with Crippen LogP contribution in [0.15, 0.2) is 29.3 Å². The summed E-state index contributed by atoms with van der Waals surface area (Å²) in [6.45, 7) is 7.59. The quantitative estimate of drug-likeness (QED) is 0.607. The molecule has 0 saturated carbocycles. The monoisotopic (exact) mass is 408 g/mol. The topological polar surface area (TPSA) is 65.5 Å². The third kappa shape index (κ3) is 2.95. The van der Waals surface area contributed by atoms with Gasteiger partial charge in [-0.05, 0) is 73.2 Å². The number of rotatable bonds is 4. The molecule has 3 aromatic rings. The van der Waals surface area contributed by atoms with Crippen LogP contribution in [0, 0.1) is 25.5 Å². The van der Waals surface area contributed by atoms with Gasteiger partial charge in [-0.15, -0.1) is 0 Å². The van der Waals surface area contributed by atoms with Crippen molar-refractivity contribution in [1.82, 2.24) is 4.98 Å². The van der Waals surface area contributed by atoms with Crippen molar-refractivity contribution >= 4 is 11.6 Å². The first-order valence-corrected chi connectivity index (χ1v) is 9.93. The molecule has 0 unspecified atom stereocenters. The molecule has 1 amide bonds. The summed E-state index contributed by atoms with van der Waals surface area (Å²) < 4.78 is 29.6. The average molecular weight is 408 g/mol. The number of aromatic nitrogens is 1. The summed E-state index contributed by atoms with van der Waals surface area (Å²) >= 11 is 0. The molecule has 0 fully saturated rings. The van der Waals surface area contributed by atoms with E-state index in [2.05, 4.69) is 9.98 Å². The van der Waals surface area contributed by atoms with Crippen LogP contribution >= 0.6 is 0 Å². The predicted octanol–water partition coefficient (Wildman–Crippen LogP) is 5.40. The highest BCUT2D eigenvalue weighted by Gasteiger charge is 2.35. The number of carbonyl (C=O) groups excluding carboxylic acids is 1. The maximum atomic E-state index is 14.8. The minimum atomic E-state index is -0.639. The fourth-order valence-corrected chi connectivity index (χ4v) is 4.12. The van der Waals surface area contributed by atoms with Crippen LogP contribution in [-0.2, 0) is 12.8 Å². The number of aromatic hydroxyl groups is 1. The maximum absolute atomic E-state index is 14.8. The Morgan fingerprint density at radius 1 is 0.900 bits per heavy atom. The molecule has 0 saturated heterocycles. The lowest BCUT2D eigenvalue weighted by atomic mass is 9.95. The van der Waals surface area contributed by atoms with Crippen molar-refractivity contribution in [2.24, 2.45) is 4.99 Å². The smallest absolute Gasteiger partial charge is 0.280 e. The molecule has 2 aromatic carbocycles. The number of aliphatic imine (C=N–C) groups is 1. The number of hydrogen-bond acceptors (Lipinski definition) is 2. The first kappa shape index (κ1) is 20.0. The molecule has 6 heteroatoms. The van der Waals surface area contributed by atoms with Crippen molar-refractivity contribution in [3.05, 3.63) is 74.8 Å². The van der Waals surface area contributed by atoms with Crippen LogP contribution in [-0.4, -0.2) is 21.7 Å². The van der Waals surface area contributed by atoms with Crippen LogP contribution in [0.25, 0.3) is 11.3 Å². The number of aromatic amines is 1. The number of benzene rings is 2. The Kier molecular flexibility index (Phi) is 4.80. The Morgan fingerprint density at radius 2 is 1.43 bits per heavy atom. The summed E-state index contributed by atoms with van der Waals surface area (Å²) in [6.07, 6.45) is 1.35. The van der Waals surface area contributed by atoms with Gasteiger partial charge in [0.2, 0.25) is 0 Å². The third-order valence-electron chi connectivity index (χ3n) is 5.78. The van der Waals surface area contributed by atoms with E-state index in [-0.39, 0.29) is 39.5 Å². The molecule has 0 aliphatic carbocycles. The number of aryl methyl sites for hydroxylation is 4. The SMILES string of the molecule is CCc1cc(F)c(C2=NC(=O)c3c(-c4cc(C)c(CC)cc4F)[nH]c(O)c32)cc1C. The van der Waals surface area contributed by atoms with E-state index < -0.39 is 17.5 Å². The van der Waals surface area contributed by atoms with Gasteiger partial charge in [-0.3, -0.25) is 4.79 Å². The Labute approximate surface area is 173 Å². The van der Waals surface area contributed by atoms with Gasteiger partial charge in [0.05, 0.1) is 22.5 Å². The average Bonchev–Trinajstić information content (AvgIpc) is 3.23. The molecule has 2 N–H and O–H groups in total. The molecular formula is C24H22F2N2O2. The minimum Gasteiger partial charge on any atom is -0.494 e. The number of amides is 1. The van der Waals surface area contributed by atoms with Gasteiger partial charge >= 0.3 is 0 Å². The molecule has 2 heterocycles. The van der Waals surface area contributed by atoms with Crippen LogP contribution in [0.4, 0.5) is 8.78 Å². The normalized spacial score (nSPS) is 13.0. The lowest BCUT2D eigenvalue weighted by Gasteiger charge is -2.09. The predicted molar refractivity (Wildman–Crippen MR) is 112 cm³/mol. The first-order chi connectivity index (χ1) is 14.3. The summed E-state index contributed by atoms with van der Waals surface area (Å²) in [7, 11) is 0. The zero-order chi connectivity index (χ0) is 21.7. The van der Waals surface area contributed by atoms with E-state index in [4.69, 9.17) is 0 Å². The zero-order valence-electron chi connectivity index (χ0n) is 17.3. The van der Waals surface area contributed by atoms with Crippen LogP contribution in [0.3, 0.4) is 0 Å². The Hall–Kier alpha value is -3.28. The number of hydrogen-bond donors (Lipinski definition) is 2. The van der Waals surface area contributed by atoms with E-state index in [0.29, 0.717) is 12.8 Å². The summed E-state index contributed by atoms with van der Waals surface area (Å²) in [4.78, 5) is 19.5. The van der Waals surface area contributed by atoms with Gasteiger partial charge in [-0.1, -0.05) is 13.8 Å². The van der Waals surface area contributed by atoms with Crippen molar-refractivity contribution in [2.75, 3.05) is 0 Å². The second-order valence-corrected chi connectivity index (χ2v) is 7.59. The van der Waals surface area contributed by atoms with Gasteiger partial charge in [0, 0.05) is 11.1 Å². The molecule has 4 nitrogen and oxygen atoms in total. The number of nitrogens with one attached hydrogen (secondary N) is 1. The van der Waals surface area contributed by atoms with E-state index in [1.165, 1.54) is 12.1 Å². The molecule has 0 bridgehead atoms. The first-order valence-electron chi connectivity index (χ1n) is 9.93. The van der Waals surface area contributed by atoms with Crippen LogP contribution in [0.1, 0.15) is 57.6 Å². The Morgan fingerprint density at radius 3 is 2.00 bits per heavy atom. The van der Waals surface area contributed by atoms with Gasteiger partial charge < -0.3 is 10.1 Å². The van der Waals surface area contributed by atoms with E-state index in [0.717, 1.165) is 22.3 Å². The molecule has 30 heavy (non-hydrogen) atoms. The summed E-state index contributed by atoms with van der Waals surface area (Å²) in [6, 6.07) is 6.13. The van der Waals surface area contributed by atoms with E-state index in [9.17, 15) is 18.7 Å². The van der Waals surface area contributed by atoms with Gasteiger partial charge in [0.1, 0.15) is 11.6 Å². The lowest BCUT2D eigenvalue weighted by molar-refractivity contribution is 0.101. The van der Waals surface area contributed by atoms with E-state index in [1.807, 2.05) is 27.7 Å². The van der Waals surface area contributed by atoms with Crippen molar-refractivity contribution in [3.8, 4) is 17.1 Å². The van der Waals surface area contributed by atoms with E-state index >= 15 is 0 Å². The number of halogens is 2. The summed E-state index contributed by atoms with van der Waals surface area (Å²) in [5.74, 6) is -2.00. The number of nitrogens with zero attached hydrogens (tertiary/aromatic N) is 1. The minimum absolute atomic E-state index is 0.0561. The Balaban J connectivity index is 1.90. The molecule has 1 aliphatic heterocycles. The highest BCUT2D eigenvalue weighted by atomic mass is 19.1. The third-order valence-corrected chi connectivity index (χ3v) is 5.78. The van der Waals surface area contributed by atoms with Crippen molar-refractivity contribution in [2.45, 2.75) is 40.5 Å². The molecule has 154 valence electrons. The van der Waals surface area contributed by atoms with Gasteiger partial charge in [0.25, 0.3) is 5.91 Å². The van der Waals surface area contributed by atoms with Gasteiger partial charge in [0.15, 0.2) is 5.88 Å². The van der Waals surface area contributed by atoms with E-state index in [1.54, 1.807) is 12.1 Å². The highest BCUT2D eigenvalue weighted by molar-refractivity contribution is 6.30. The molecule has 0 radical (unpaired) electrons. The summed E-state index contributed by atoms with van der Waals surface area (Å²) in [5.41, 5.74) is 4.13. The number of fused-ring (bicyclic) bond motifs is 1. The standard InChI is InChI=1S/C24H22F2N2O2/c1-5-13-9-17(25)15(7-11(13)3)21-19-20(24(30)27-21)22(28-23(19)29)16-8-12(4)14(6-2)10-18(16)26/h7-10,27,30H,5-6H2,1-4H3. The maximum Gasteiger partial charge on any atom is 0.280 e. The molecule has 1 aromatic heterocycles. The second-order valence-electron chi connectivity index (χ2n) is 7.59. The van der Waals surface area contributed by atoms with Crippen molar-refractivity contribution < 1.29 is 18.7 Å². The highest BCUT2D eigenvalue weighted by Crippen LogP contribution is 2.40. The molecule has 1 aliphatic rings. The van der Waals surface area contributed by atoms with Crippen LogP contribution < -0.4 is 0 Å². The number of H-pyrrole nitrogens is 1. The molecule has 4 rings (SSSR count). The molecule has 0 atom stereocenters. The fraction of sp³-hybridized carbons (Fsp3) is 0.250.